The Bertz CT molecular complexity index is 2310. The molecule has 4 aromatic carbocycles. The van der Waals surface area contributed by atoms with E-state index >= 15 is 0 Å². The number of benzene rings is 4. The molecule has 2 aliphatic rings. The third-order valence-electron chi connectivity index (χ3n) is 9.68. The maximum Gasteiger partial charge on any atom is 0.385 e. The molecule has 0 radical (unpaired) electrons. The molecule has 3 heterocycles. The van der Waals surface area contributed by atoms with Gasteiger partial charge in [0.25, 0.3) is 0 Å². The number of urea groups is 1. The number of hydrogen-bond donors (Lipinski definition) is 2. The van der Waals surface area contributed by atoms with E-state index in [0.717, 1.165) is 21.4 Å². The van der Waals surface area contributed by atoms with Crippen LogP contribution in [0.25, 0.3) is 10.2 Å². The quantitative estimate of drug-likeness (QED) is 0.148. The van der Waals surface area contributed by atoms with Crippen molar-refractivity contribution in [3.05, 3.63) is 131 Å². The predicted molar refractivity (Wildman–Crippen MR) is 209 cm³/mol. The number of nitrogens with two attached hydrogens (primary N) is 1. The van der Waals surface area contributed by atoms with Gasteiger partial charge in [0.15, 0.2) is 5.13 Å². The smallest absolute Gasteiger partial charge is 0.385 e. The van der Waals surface area contributed by atoms with Gasteiger partial charge in [-0.3, -0.25) is 14.6 Å². The maximum atomic E-state index is 14.5. The number of carbonyl (C=O) groups excluding carboxylic acids is 4. The van der Waals surface area contributed by atoms with Gasteiger partial charge in [-0.2, -0.15) is 5.01 Å². The molecule has 0 aliphatic carbocycles. The van der Waals surface area contributed by atoms with Crippen molar-refractivity contribution in [2.45, 2.75) is 58.2 Å². The van der Waals surface area contributed by atoms with E-state index in [1.165, 1.54) is 28.5 Å². The number of amides is 4. The van der Waals surface area contributed by atoms with Crippen LogP contribution < -0.4 is 11.1 Å². The average Bonchev–Trinajstić information content (AvgIpc) is 3.73. The van der Waals surface area contributed by atoms with E-state index < -0.39 is 24.2 Å². The van der Waals surface area contributed by atoms with Gasteiger partial charge in [-0.15, -0.1) is 0 Å². The first-order chi connectivity index (χ1) is 27.0. The van der Waals surface area contributed by atoms with Crippen molar-refractivity contribution in [3.8, 4) is 11.8 Å². The van der Waals surface area contributed by atoms with Crippen LogP contribution in [0.3, 0.4) is 0 Å². The number of fused-ring (bicyclic) bond motifs is 2. The van der Waals surface area contributed by atoms with E-state index in [0.29, 0.717) is 21.8 Å². The first kappa shape index (κ1) is 38.0. The van der Waals surface area contributed by atoms with E-state index in [4.69, 9.17) is 10.5 Å². The van der Waals surface area contributed by atoms with Crippen LogP contribution in [0.4, 0.5) is 14.3 Å². The Hall–Kier alpha value is -6.30. The zero-order valence-corrected chi connectivity index (χ0v) is 31.7. The van der Waals surface area contributed by atoms with Crippen molar-refractivity contribution in [2.24, 2.45) is 0 Å². The highest BCUT2D eigenvalue weighted by Crippen LogP contribution is 2.33. The molecule has 0 bridgehead atoms. The Kier molecular flexibility index (Phi) is 11.3. The van der Waals surface area contributed by atoms with Crippen LogP contribution in [0.15, 0.2) is 97.1 Å². The van der Waals surface area contributed by atoms with Gasteiger partial charge in [0.1, 0.15) is 24.6 Å². The second-order valence-corrected chi connectivity index (χ2v) is 14.9. The fourth-order valence-electron chi connectivity index (χ4n) is 7.06. The molecule has 2 aliphatic heterocycles. The molecule has 14 heteroatoms. The van der Waals surface area contributed by atoms with E-state index in [1.54, 1.807) is 39.1 Å². The van der Waals surface area contributed by atoms with Crippen LogP contribution in [-0.4, -0.2) is 80.0 Å². The number of rotatable bonds is 10. The van der Waals surface area contributed by atoms with Gasteiger partial charge in [0.05, 0.1) is 23.3 Å². The lowest BCUT2D eigenvalue weighted by molar-refractivity contribution is -0.158. The van der Waals surface area contributed by atoms with Crippen LogP contribution in [0.2, 0.25) is 0 Å². The van der Waals surface area contributed by atoms with Gasteiger partial charge in [0.2, 0.25) is 11.8 Å². The van der Waals surface area contributed by atoms with E-state index in [1.807, 2.05) is 74.5 Å². The number of hydrogen-bond acceptors (Lipinski definition) is 9. The Morgan fingerprint density at radius 1 is 0.982 bits per heavy atom. The standard InChI is InChI=1S/C42H40FN7O5S/c1-27(2)50(42(54)45-22-30-15-18-33(43)19-16-30)48-25-37(51)49-34(40(53)47(24-36(48)49)23-32-9-6-10-35-39(32)46-41(44)56-35)21-29-13-11-28(12-14-29)17-20-38(52)55-26-31-7-4-3-5-8-31/h3-16,18-19,27,34,36H,21-26H2,1-2H3,(H2,44,46)(H,45,54)/t34-,36+/m0/s1. The molecule has 5 aromatic rings. The normalized spacial score (nSPS) is 16.8. The minimum Gasteiger partial charge on any atom is -0.451 e. The monoisotopic (exact) mass is 773 g/mol. The number of halogens is 1. The Labute approximate surface area is 327 Å². The molecule has 0 spiro atoms. The summed E-state index contributed by atoms with van der Waals surface area (Å²) < 4.78 is 19.7. The zero-order chi connectivity index (χ0) is 39.3. The Balaban J connectivity index is 1.13. The van der Waals surface area contributed by atoms with Crippen LogP contribution in [0.5, 0.6) is 0 Å². The molecule has 0 saturated carbocycles. The second-order valence-electron chi connectivity index (χ2n) is 13.9. The zero-order valence-electron chi connectivity index (χ0n) is 30.9. The van der Waals surface area contributed by atoms with Gasteiger partial charge in [-0.05, 0) is 66.4 Å². The van der Waals surface area contributed by atoms with Crippen LogP contribution in [0.1, 0.15) is 41.7 Å². The number of piperazine rings is 1. The first-order valence-corrected chi connectivity index (χ1v) is 19.0. The molecule has 286 valence electrons. The molecule has 0 unspecified atom stereocenters. The third-order valence-corrected chi connectivity index (χ3v) is 10.5. The van der Waals surface area contributed by atoms with Gasteiger partial charge in [-0.1, -0.05) is 84.0 Å². The molecule has 56 heavy (non-hydrogen) atoms. The minimum atomic E-state index is -0.882. The summed E-state index contributed by atoms with van der Waals surface area (Å²) in [6.07, 6.45) is -0.458. The molecule has 3 N–H and O–H groups in total. The van der Waals surface area contributed by atoms with Crippen molar-refractivity contribution in [3.63, 3.8) is 0 Å². The Morgan fingerprint density at radius 3 is 2.45 bits per heavy atom. The minimum absolute atomic E-state index is 0.114. The lowest BCUT2D eigenvalue weighted by Gasteiger charge is -2.47. The first-order valence-electron chi connectivity index (χ1n) is 18.2. The van der Waals surface area contributed by atoms with Crippen LogP contribution >= 0.6 is 11.3 Å². The van der Waals surface area contributed by atoms with E-state index in [9.17, 15) is 23.6 Å². The fraction of sp³-hybridized carbons (Fsp3) is 0.262. The maximum absolute atomic E-state index is 14.5. The SMILES string of the molecule is CC(C)N(C(=O)NCc1ccc(F)cc1)N1CC(=O)N2[C@@H](Cc3ccc(C#CC(=O)OCc4ccccc4)cc3)C(=O)N(Cc3cccc4sc(N)nc34)C[C@@H]21. The molecular weight excluding hydrogens is 734 g/mol. The summed E-state index contributed by atoms with van der Waals surface area (Å²) in [7, 11) is 0. The molecule has 2 saturated heterocycles. The summed E-state index contributed by atoms with van der Waals surface area (Å²) >= 11 is 1.37. The van der Waals surface area contributed by atoms with Gasteiger partial charge >= 0.3 is 12.0 Å². The van der Waals surface area contributed by atoms with Crippen molar-refractivity contribution >= 4 is 50.5 Å². The summed E-state index contributed by atoms with van der Waals surface area (Å²) in [4.78, 5) is 62.4. The summed E-state index contributed by atoms with van der Waals surface area (Å²) in [5.41, 5.74) is 10.5. The van der Waals surface area contributed by atoms with Gasteiger partial charge < -0.3 is 25.6 Å². The Morgan fingerprint density at radius 2 is 1.71 bits per heavy atom. The number of carbonyl (C=O) groups is 4. The molecule has 7 rings (SSSR count). The van der Waals surface area contributed by atoms with Crippen molar-refractivity contribution in [1.29, 1.82) is 0 Å². The van der Waals surface area contributed by atoms with Crippen LogP contribution in [-0.2, 0) is 45.2 Å². The summed E-state index contributed by atoms with van der Waals surface area (Å²) in [5, 5.41) is 6.59. The highest BCUT2D eigenvalue weighted by molar-refractivity contribution is 7.22. The molecular formula is C42H40FN7O5S. The lowest BCUT2D eigenvalue weighted by atomic mass is 9.99. The number of nitrogens with one attached hydrogen (secondary N) is 1. The van der Waals surface area contributed by atoms with Crippen molar-refractivity contribution in [2.75, 3.05) is 18.8 Å². The van der Waals surface area contributed by atoms with Crippen molar-refractivity contribution < 1.29 is 28.3 Å². The van der Waals surface area contributed by atoms with E-state index in [-0.39, 0.29) is 62.9 Å². The molecule has 2 fully saturated rings. The largest absolute Gasteiger partial charge is 0.451 e. The summed E-state index contributed by atoms with van der Waals surface area (Å²) in [5.74, 6) is 3.81. The van der Waals surface area contributed by atoms with Gasteiger partial charge in [0, 0.05) is 37.0 Å². The number of aromatic nitrogens is 1. The molecule has 1 aromatic heterocycles. The number of anilines is 1. The molecule has 12 nitrogen and oxygen atoms in total. The lowest BCUT2D eigenvalue weighted by Crippen LogP contribution is -2.66. The number of ether oxygens (including phenoxy) is 1. The van der Waals surface area contributed by atoms with Gasteiger partial charge in [-0.25, -0.2) is 19.0 Å². The molecule has 2 atom stereocenters. The number of esters is 1. The third kappa shape index (κ3) is 8.49. The number of nitrogen functional groups attached to an aromatic ring is 1. The highest BCUT2D eigenvalue weighted by atomic mass is 32.1. The van der Waals surface area contributed by atoms with Crippen LogP contribution in [0, 0.1) is 17.7 Å². The van der Waals surface area contributed by atoms with E-state index in [2.05, 4.69) is 22.1 Å². The second kappa shape index (κ2) is 16.6. The summed E-state index contributed by atoms with van der Waals surface area (Å²) in [6, 6.07) is 26.4. The topological polar surface area (TPSA) is 141 Å². The number of thiazole rings is 1. The predicted octanol–water partition coefficient (Wildman–Crippen LogP) is 5.07. The number of nitrogens with zero attached hydrogens (tertiary/aromatic N) is 5. The summed E-state index contributed by atoms with van der Waals surface area (Å²) in [6.45, 7) is 4.23. The fourth-order valence-corrected chi connectivity index (χ4v) is 7.84. The van der Waals surface area contributed by atoms with Crippen molar-refractivity contribution in [1.82, 2.24) is 30.1 Å². The number of hydrazine groups is 1. The molecule has 4 amide bonds. The average molecular weight is 774 g/mol. The highest BCUT2D eigenvalue weighted by Gasteiger charge is 2.52. The number of para-hydroxylation sites is 1.